The van der Waals surface area contributed by atoms with Gasteiger partial charge in [0, 0.05) is 45.0 Å². The van der Waals surface area contributed by atoms with Crippen molar-refractivity contribution in [3.8, 4) is 5.88 Å². The minimum Gasteiger partial charge on any atom is -0.478 e. The number of anilines is 2. The van der Waals surface area contributed by atoms with Crippen LogP contribution >= 0.6 is 0 Å². The van der Waals surface area contributed by atoms with Gasteiger partial charge in [-0.2, -0.15) is 0 Å². The molecule has 2 saturated carbocycles. The van der Waals surface area contributed by atoms with E-state index in [0.717, 1.165) is 37.3 Å². The molecule has 10 heteroatoms. The van der Waals surface area contributed by atoms with E-state index in [1.807, 2.05) is 35.1 Å². The van der Waals surface area contributed by atoms with Gasteiger partial charge in [-0.05, 0) is 36.7 Å². The molecule has 0 spiro atoms. The van der Waals surface area contributed by atoms with E-state index in [2.05, 4.69) is 22.0 Å². The summed E-state index contributed by atoms with van der Waals surface area (Å²) in [6.07, 6.45) is 10.3. The Morgan fingerprint density at radius 1 is 1.26 bits per heavy atom. The van der Waals surface area contributed by atoms with Crippen LogP contribution in [0.4, 0.5) is 11.4 Å². The summed E-state index contributed by atoms with van der Waals surface area (Å²) in [6, 6.07) is 0. The van der Waals surface area contributed by atoms with E-state index in [4.69, 9.17) is 4.74 Å². The van der Waals surface area contributed by atoms with Crippen LogP contribution in [-0.4, -0.2) is 54.7 Å². The number of ether oxygens (including phenoxy) is 1. The van der Waals surface area contributed by atoms with Crippen molar-refractivity contribution in [2.45, 2.75) is 31.7 Å². The molecule has 0 bridgehead atoms. The molecular formula is C24H29N7O3. The van der Waals surface area contributed by atoms with Crippen LogP contribution in [0.25, 0.3) is 5.65 Å². The monoisotopic (exact) mass is 463 g/mol. The standard InChI is InChI=1S/C24H29N7O3/c1-4-21(32)29-9-15-16(10-29)17(15)11-30-13-18(26-19-12-28(2)27-23(19)34-3)22-25-8-20(14-6-5-7-14)31(22)24(30)33/h4,8,12-17,26H,1,5-7,9-11H2,2-3H3. The van der Waals surface area contributed by atoms with E-state index in [9.17, 15) is 9.59 Å². The van der Waals surface area contributed by atoms with Crippen molar-refractivity contribution in [2.75, 3.05) is 25.5 Å². The first-order chi connectivity index (χ1) is 16.5. The maximum absolute atomic E-state index is 13.6. The molecule has 1 saturated heterocycles. The quantitative estimate of drug-likeness (QED) is 0.539. The number of piperidine rings is 1. The number of likely N-dealkylation sites (tertiary alicyclic amines) is 1. The van der Waals surface area contributed by atoms with Crippen molar-refractivity contribution in [1.29, 1.82) is 0 Å². The molecule has 1 N–H and O–H groups in total. The fraction of sp³-hybridized carbons (Fsp3) is 0.500. The van der Waals surface area contributed by atoms with Gasteiger partial charge >= 0.3 is 5.69 Å². The summed E-state index contributed by atoms with van der Waals surface area (Å²) < 4.78 is 10.7. The number of methoxy groups -OCH3 is 1. The number of aryl methyl sites for hydroxylation is 1. The van der Waals surface area contributed by atoms with E-state index in [0.29, 0.717) is 47.4 Å². The zero-order valence-corrected chi connectivity index (χ0v) is 19.5. The third-order valence-corrected chi connectivity index (χ3v) is 7.80. The SMILES string of the molecule is C=CC(=O)N1CC2C(C1)C2Cn1cc(Nc2cn(C)nc2OC)c2ncc(C3CCC3)n2c1=O. The van der Waals surface area contributed by atoms with Crippen molar-refractivity contribution in [3.05, 3.63) is 47.4 Å². The number of imidazole rings is 1. The number of nitrogens with zero attached hydrogens (tertiary/aromatic N) is 6. The summed E-state index contributed by atoms with van der Waals surface area (Å²) in [5, 5.41) is 7.72. The lowest BCUT2D eigenvalue weighted by atomic mass is 9.83. The number of carbonyl (C=O) groups is 1. The van der Waals surface area contributed by atoms with Crippen LogP contribution < -0.4 is 15.7 Å². The minimum absolute atomic E-state index is 0.00926. The summed E-state index contributed by atoms with van der Waals surface area (Å²) in [4.78, 5) is 32.1. The van der Waals surface area contributed by atoms with Crippen LogP contribution in [0.2, 0.25) is 0 Å². The maximum Gasteiger partial charge on any atom is 0.334 e. The average molecular weight is 464 g/mol. The van der Waals surface area contributed by atoms with Crippen LogP contribution in [0, 0.1) is 17.8 Å². The molecule has 178 valence electrons. The average Bonchev–Trinajstić information content (AvgIpc) is 3.21. The van der Waals surface area contributed by atoms with Gasteiger partial charge in [0.15, 0.2) is 5.65 Å². The molecule has 0 radical (unpaired) electrons. The Bertz CT molecular complexity index is 1340. The van der Waals surface area contributed by atoms with Crippen molar-refractivity contribution >= 4 is 22.9 Å². The molecule has 3 aliphatic rings. The highest BCUT2D eigenvalue weighted by molar-refractivity contribution is 5.87. The molecule has 4 heterocycles. The number of hydrogen-bond acceptors (Lipinski definition) is 6. The van der Waals surface area contributed by atoms with Gasteiger partial charge in [0.05, 0.1) is 24.7 Å². The summed E-state index contributed by atoms with van der Waals surface area (Å²) in [5.41, 5.74) is 3.01. The van der Waals surface area contributed by atoms with Gasteiger partial charge in [-0.1, -0.05) is 13.0 Å². The normalized spacial score (nSPS) is 23.6. The highest BCUT2D eigenvalue weighted by Gasteiger charge is 2.56. The highest BCUT2D eigenvalue weighted by Crippen LogP contribution is 2.52. The van der Waals surface area contributed by atoms with Gasteiger partial charge in [-0.25, -0.2) is 14.2 Å². The van der Waals surface area contributed by atoms with Gasteiger partial charge in [-0.15, -0.1) is 5.10 Å². The molecule has 10 nitrogen and oxygen atoms in total. The summed E-state index contributed by atoms with van der Waals surface area (Å²) in [7, 11) is 3.42. The minimum atomic E-state index is -0.0536. The molecule has 34 heavy (non-hydrogen) atoms. The number of aromatic nitrogens is 5. The Kier molecular flexibility index (Phi) is 4.79. The van der Waals surface area contributed by atoms with Crippen molar-refractivity contribution in [1.82, 2.24) is 28.6 Å². The molecule has 1 aliphatic heterocycles. The second kappa shape index (κ2) is 7.75. The van der Waals surface area contributed by atoms with Gasteiger partial charge in [0.25, 0.3) is 5.88 Å². The number of nitrogens with one attached hydrogen (secondary N) is 1. The van der Waals surface area contributed by atoms with E-state index in [-0.39, 0.29) is 11.6 Å². The first-order valence-corrected chi connectivity index (χ1v) is 11.8. The first-order valence-electron chi connectivity index (χ1n) is 11.8. The second-order valence-corrected chi connectivity index (χ2v) is 9.74. The van der Waals surface area contributed by atoms with Gasteiger partial charge < -0.3 is 15.0 Å². The topological polar surface area (TPSA) is 98.7 Å². The molecule has 3 fully saturated rings. The van der Waals surface area contributed by atoms with E-state index in [1.54, 1.807) is 16.2 Å². The van der Waals surface area contributed by atoms with E-state index >= 15 is 0 Å². The predicted octanol–water partition coefficient (Wildman–Crippen LogP) is 2.14. The molecule has 0 aromatic carbocycles. The molecule has 1 amide bonds. The zero-order valence-electron chi connectivity index (χ0n) is 19.5. The predicted molar refractivity (Wildman–Crippen MR) is 126 cm³/mol. The Morgan fingerprint density at radius 2 is 2.03 bits per heavy atom. The molecule has 2 unspecified atom stereocenters. The fourth-order valence-corrected chi connectivity index (χ4v) is 5.67. The molecule has 3 aromatic rings. The lowest BCUT2D eigenvalue weighted by molar-refractivity contribution is -0.125. The van der Waals surface area contributed by atoms with E-state index in [1.165, 1.54) is 12.5 Å². The van der Waals surface area contributed by atoms with Gasteiger partial charge in [-0.3, -0.25) is 14.0 Å². The Hall–Kier alpha value is -3.56. The van der Waals surface area contributed by atoms with Crippen LogP contribution in [-0.2, 0) is 18.4 Å². The lowest BCUT2D eigenvalue weighted by Crippen LogP contribution is -2.33. The summed E-state index contributed by atoms with van der Waals surface area (Å²) in [5.74, 6) is 2.11. The molecule has 6 rings (SSSR count). The van der Waals surface area contributed by atoms with Crippen LogP contribution in [0.3, 0.4) is 0 Å². The van der Waals surface area contributed by atoms with Crippen molar-refractivity contribution < 1.29 is 9.53 Å². The van der Waals surface area contributed by atoms with Crippen LogP contribution in [0.15, 0.2) is 36.0 Å². The zero-order chi connectivity index (χ0) is 23.6. The summed E-state index contributed by atoms with van der Waals surface area (Å²) >= 11 is 0. The Balaban J connectivity index is 1.35. The number of fused-ring (bicyclic) bond motifs is 2. The van der Waals surface area contributed by atoms with Crippen LogP contribution in [0.1, 0.15) is 30.9 Å². The fourth-order valence-electron chi connectivity index (χ4n) is 5.67. The molecule has 2 atom stereocenters. The third kappa shape index (κ3) is 3.23. The third-order valence-electron chi connectivity index (χ3n) is 7.80. The lowest BCUT2D eigenvalue weighted by Gasteiger charge is -2.25. The summed E-state index contributed by atoms with van der Waals surface area (Å²) in [6.45, 7) is 5.71. The van der Waals surface area contributed by atoms with Crippen molar-refractivity contribution in [2.24, 2.45) is 24.8 Å². The molecular weight excluding hydrogens is 434 g/mol. The second-order valence-electron chi connectivity index (χ2n) is 9.74. The molecule has 3 aromatic heterocycles. The number of amides is 1. The highest BCUT2D eigenvalue weighted by atomic mass is 16.5. The number of hydrogen-bond donors (Lipinski definition) is 1. The maximum atomic E-state index is 13.6. The smallest absolute Gasteiger partial charge is 0.334 e. The van der Waals surface area contributed by atoms with Gasteiger partial charge in [0.2, 0.25) is 5.91 Å². The molecule has 2 aliphatic carbocycles. The van der Waals surface area contributed by atoms with Crippen LogP contribution in [0.5, 0.6) is 5.88 Å². The largest absolute Gasteiger partial charge is 0.478 e. The number of rotatable bonds is 7. The van der Waals surface area contributed by atoms with Gasteiger partial charge in [0.1, 0.15) is 5.69 Å². The van der Waals surface area contributed by atoms with Crippen molar-refractivity contribution in [3.63, 3.8) is 0 Å². The van der Waals surface area contributed by atoms with E-state index < -0.39 is 0 Å². The Morgan fingerprint density at radius 3 is 2.68 bits per heavy atom. The first kappa shape index (κ1) is 21.0. The Labute approximate surface area is 196 Å². The number of carbonyl (C=O) groups excluding carboxylic acids is 1.